The lowest BCUT2D eigenvalue weighted by Crippen LogP contribution is -1.99. The van der Waals surface area contributed by atoms with Crippen LogP contribution >= 0.6 is 0 Å². The molecule has 2 heterocycles. The maximum atomic E-state index is 13.4. The number of hydrogen-bond donors (Lipinski definition) is 1. The minimum Gasteiger partial charge on any atom is -0.366 e. The highest BCUT2D eigenvalue weighted by Gasteiger charge is 2.10. The normalized spacial score (nSPS) is 11.3. The highest BCUT2D eigenvalue weighted by molar-refractivity contribution is 5.91. The summed E-state index contributed by atoms with van der Waals surface area (Å²) in [5.41, 5.74) is 6.33. The molecular formula is C9H6FN5. The number of para-hydroxylation sites is 1. The van der Waals surface area contributed by atoms with Crippen LogP contribution in [0.4, 0.5) is 10.3 Å². The molecule has 5 nitrogen and oxygen atoms in total. The number of benzene rings is 1. The van der Waals surface area contributed by atoms with Gasteiger partial charge in [0, 0.05) is 5.39 Å². The predicted octanol–water partition coefficient (Wildman–Crippen LogP) is 0.999. The van der Waals surface area contributed by atoms with E-state index in [0.717, 1.165) is 9.90 Å². The van der Waals surface area contributed by atoms with Crippen molar-refractivity contribution in [2.75, 3.05) is 5.73 Å². The monoisotopic (exact) mass is 203 g/mol. The number of halogens is 1. The topological polar surface area (TPSA) is 69.1 Å². The van der Waals surface area contributed by atoms with Gasteiger partial charge < -0.3 is 5.73 Å². The number of nitrogen functional groups attached to an aromatic ring is 1. The lowest BCUT2D eigenvalue weighted by atomic mass is 10.2. The standard InChI is InChI=1S/C9H6FN5/c10-8-12-6-4-2-1-3-5(6)7-13-9(11)14-15(7)8/h1-4H,(H2,11,14). The lowest BCUT2D eigenvalue weighted by Gasteiger charge is -1.98. The van der Waals surface area contributed by atoms with Crippen molar-refractivity contribution in [3.8, 4) is 0 Å². The Labute approximate surface area is 83.4 Å². The minimum atomic E-state index is -0.715. The van der Waals surface area contributed by atoms with Crippen molar-refractivity contribution >= 4 is 22.5 Å². The van der Waals surface area contributed by atoms with Crippen molar-refractivity contribution < 1.29 is 4.39 Å². The van der Waals surface area contributed by atoms with Crippen LogP contribution < -0.4 is 5.73 Å². The largest absolute Gasteiger partial charge is 0.366 e. The van der Waals surface area contributed by atoms with Gasteiger partial charge in [0.1, 0.15) is 0 Å². The van der Waals surface area contributed by atoms with Crippen molar-refractivity contribution in [2.24, 2.45) is 0 Å². The second-order valence-electron chi connectivity index (χ2n) is 3.10. The molecule has 0 aliphatic carbocycles. The van der Waals surface area contributed by atoms with E-state index in [4.69, 9.17) is 5.73 Å². The molecule has 6 heteroatoms. The van der Waals surface area contributed by atoms with Crippen molar-refractivity contribution in [2.45, 2.75) is 0 Å². The molecule has 0 fully saturated rings. The van der Waals surface area contributed by atoms with Gasteiger partial charge in [0.05, 0.1) is 5.52 Å². The van der Waals surface area contributed by atoms with Gasteiger partial charge >= 0.3 is 6.08 Å². The summed E-state index contributed by atoms with van der Waals surface area (Å²) in [5.74, 6) is 0.0343. The van der Waals surface area contributed by atoms with E-state index in [9.17, 15) is 4.39 Å². The molecule has 0 amide bonds. The summed E-state index contributed by atoms with van der Waals surface area (Å²) < 4.78 is 14.4. The molecule has 2 N–H and O–H groups in total. The first-order valence-electron chi connectivity index (χ1n) is 4.32. The van der Waals surface area contributed by atoms with E-state index in [1.54, 1.807) is 18.2 Å². The second kappa shape index (κ2) is 2.63. The van der Waals surface area contributed by atoms with Gasteiger partial charge in [0.25, 0.3) is 0 Å². The maximum Gasteiger partial charge on any atom is 0.312 e. The number of rotatable bonds is 0. The van der Waals surface area contributed by atoms with Crippen LogP contribution in [0.3, 0.4) is 0 Å². The Morgan fingerprint density at radius 2 is 2.00 bits per heavy atom. The quantitative estimate of drug-likeness (QED) is 0.553. The van der Waals surface area contributed by atoms with Crippen LogP contribution in [0.5, 0.6) is 0 Å². The molecule has 0 saturated heterocycles. The van der Waals surface area contributed by atoms with E-state index < -0.39 is 6.08 Å². The summed E-state index contributed by atoms with van der Waals surface area (Å²) >= 11 is 0. The minimum absolute atomic E-state index is 0.0343. The fourth-order valence-electron chi connectivity index (χ4n) is 1.54. The van der Waals surface area contributed by atoms with Gasteiger partial charge in [-0.15, -0.1) is 5.10 Å². The van der Waals surface area contributed by atoms with E-state index in [0.29, 0.717) is 11.2 Å². The molecule has 0 saturated carbocycles. The third kappa shape index (κ3) is 1.04. The molecule has 0 atom stereocenters. The third-order valence-electron chi connectivity index (χ3n) is 2.16. The molecule has 3 rings (SSSR count). The molecule has 0 bridgehead atoms. The van der Waals surface area contributed by atoms with Crippen LogP contribution in [0.15, 0.2) is 24.3 Å². The van der Waals surface area contributed by atoms with Gasteiger partial charge in [-0.25, -0.2) is 4.98 Å². The number of nitrogens with zero attached hydrogens (tertiary/aromatic N) is 4. The molecule has 3 aromatic rings. The van der Waals surface area contributed by atoms with Crippen molar-refractivity contribution in [1.82, 2.24) is 19.6 Å². The molecule has 0 radical (unpaired) electrons. The summed E-state index contributed by atoms with van der Waals surface area (Å²) in [6.45, 7) is 0. The highest BCUT2D eigenvalue weighted by Crippen LogP contribution is 2.17. The molecule has 0 spiro atoms. The molecule has 0 aliphatic rings. The van der Waals surface area contributed by atoms with Gasteiger partial charge in [-0.1, -0.05) is 12.1 Å². The van der Waals surface area contributed by atoms with Crippen LogP contribution in [0, 0.1) is 6.08 Å². The van der Waals surface area contributed by atoms with Crippen molar-refractivity contribution in [3.05, 3.63) is 30.3 Å². The molecular weight excluding hydrogens is 197 g/mol. The molecule has 2 aromatic heterocycles. The van der Waals surface area contributed by atoms with Crippen LogP contribution in [0.1, 0.15) is 0 Å². The van der Waals surface area contributed by atoms with Gasteiger partial charge in [-0.2, -0.15) is 13.9 Å². The second-order valence-corrected chi connectivity index (χ2v) is 3.10. The zero-order valence-electron chi connectivity index (χ0n) is 7.55. The Morgan fingerprint density at radius 3 is 2.87 bits per heavy atom. The Hall–Kier alpha value is -2.24. The van der Waals surface area contributed by atoms with E-state index >= 15 is 0 Å². The summed E-state index contributed by atoms with van der Waals surface area (Å²) in [6, 6.07) is 7.12. The number of nitrogens with two attached hydrogens (primary N) is 1. The fraction of sp³-hybridized carbons (Fsp3) is 0. The summed E-state index contributed by atoms with van der Waals surface area (Å²) in [7, 11) is 0. The van der Waals surface area contributed by atoms with E-state index in [1.165, 1.54) is 0 Å². The highest BCUT2D eigenvalue weighted by atomic mass is 19.1. The SMILES string of the molecule is Nc1nc2c3ccccc3nc(F)n2n1. The Bertz CT molecular complexity index is 660. The van der Waals surface area contributed by atoms with E-state index in [2.05, 4.69) is 15.1 Å². The number of fused-ring (bicyclic) bond motifs is 3. The third-order valence-corrected chi connectivity index (χ3v) is 2.16. The lowest BCUT2D eigenvalue weighted by molar-refractivity contribution is 0.508. The van der Waals surface area contributed by atoms with Crippen molar-refractivity contribution in [3.63, 3.8) is 0 Å². The van der Waals surface area contributed by atoms with E-state index in [-0.39, 0.29) is 5.95 Å². The zero-order valence-corrected chi connectivity index (χ0v) is 7.55. The Morgan fingerprint density at radius 1 is 1.20 bits per heavy atom. The smallest absolute Gasteiger partial charge is 0.312 e. The molecule has 1 aromatic carbocycles. The van der Waals surface area contributed by atoms with Crippen LogP contribution in [0.2, 0.25) is 0 Å². The Kier molecular flexibility index (Phi) is 1.42. The Balaban J connectivity index is 2.63. The average Bonchev–Trinajstić information content (AvgIpc) is 2.61. The summed E-state index contributed by atoms with van der Waals surface area (Å²) in [4.78, 5) is 7.71. The zero-order chi connectivity index (χ0) is 10.4. The van der Waals surface area contributed by atoms with Gasteiger partial charge in [-0.05, 0) is 12.1 Å². The number of aromatic nitrogens is 4. The fourth-order valence-corrected chi connectivity index (χ4v) is 1.54. The van der Waals surface area contributed by atoms with Gasteiger partial charge in [-0.3, -0.25) is 0 Å². The number of hydrogen-bond acceptors (Lipinski definition) is 4. The van der Waals surface area contributed by atoms with Gasteiger partial charge in [0.15, 0.2) is 5.65 Å². The van der Waals surface area contributed by atoms with Gasteiger partial charge in [0.2, 0.25) is 5.95 Å². The predicted molar refractivity (Wildman–Crippen MR) is 52.7 cm³/mol. The first kappa shape index (κ1) is 8.10. The first-order chi connectivity index (χ1) is 7.25. The molecule has 15 heavy (non-hydrogen) atoms. The first-order valence-corrected chi connectivity index (χ1v) is 4.32. The molecule has 0 aliphatic heterocycles. The number of anilines is 1. The summed E-state index contributed by atoms with van der Waals surface area (Å²) in [5, 5.41) is 4.43. The molecule has 0 unspecified atom stereocenters. The van der Waals surface area contributed by atoms with Crippen molar-refractivity contribution in [1.29, 1.82) is 0 Å². The van der Waals surface area contributed by atoms with Crippen LogP contribution in [-0.2, 0) is 0 Å². The van der Waals surface area contributed by atoms with Crippen LogP contribution in [-0.4, -0.2) is 19.6 Å². The summed E-state index contributed by atoms with van der Waals surface area (Å²) in [6.07, 6.45) is -0.715. The molecule has 74 valence electrons. The average molecular weight is 203 g/mol. The van der Waals surface area contributed by atoms with E-state index in [1.807, 2.05) is 6.07 Å². The maximum absolute atomic E-state index is 13.4. The van der Waals surface area contributed by atoms with Crippen LogP contribution in [0.25, 0.3) is 16.6 Å².